The van der Waals surface area contributed by atoms with E-state index in [0.717, 1.165) is 40.3 Å². The monoisotopic (exact) mass is 666 g/mol. The minimum atomic E-state index is -4.07. The first kappa shape index (κ1) is 33.6. The number of hydrogen-bond donors (Lipinski definition) is 3. The van der Waals surface area contributed by atoms with Gasteiger partial charge in [0.1, 0.15) is 28.9 Å². The summed E-state index contributed by atoms with van der Waals surface area (Å²) in [6.07, 6.45) is 2.39. The number of hydrogen-bond acceptors (Lipinski definition) is 7. The number of aromatic nitrogens is 3. The fourth-order valence-electron chi connectivity index (χ4n) is 5.63. The first-order valence-electron chi connectivity index (χ1n) is 15.1. The molecule has 1 aromatic carbocycles. The van der Waals surface area contributed by atoms with E-state index >= 15 is 8.78 Å². The zero-order chi connectivity index (χ0) is 33.4. The molecule has 2 aliphatic rings. The molecular formula is C30H39F3N7O5S+. The van der Waals surface area contributed by atoms with Crippen molar-refractivity contribution in [3.05, 3.63) is 46.4 Å². The zero-order valence-corrected chi connectivity index (χ0v) is 27.0. The Morgan fingerprint density at radius 3 is 2.54 bits per heavy atom. The maximum atomic E-state index is 15.7. The highest BCUT2D eigenvalue weighted by Gasteiger charge is 2.43. The van der Waals surface area contributed by atoms with Gasteiger partial charge in [-0.05, 0) is 74.8 Å². The van der Waals surface area contributed by atoms with Crippen molar-refractivity contribution in [3.63, 3.8) is 0 Å². The molecule has 12 nitrogen and oxygen atoms in total. The minimum absolute atomic E-state index is 0.0175. The maximum Gasteiger partial charge on any atom is 0.410 e. The van der Waals surface area contributed by atoms with Crippen LogP contribution in [0.4, 0.5) is 29.6 Å². The third-order valence-electron chi connectivity index (χ3n) is 8.10. The number of carbonyl (C=O) groups is 1. The molecule has 0 spiro atoms. The Kier molecular flexibility index (Phi) is 9.61. The molecule has 3 aromatic rings. The van der Waals surface area contributed by atoms with E-state index in [4.69, 9.17) is 4.74 Å². The first-order valence-corrected chi connectivity index (χ1v) is 16.6. The van der Waals surface area contributed by atoms with Gasteiger partial charge in [0.05, 0.1) is 24.2 Å². The van der Waals surface area contributed by atoms with Gasteiger partial charge in [0, 0.05) is 38.3 Å². The number of amides is 1. The lowest BCUT2D eigenvalue weighted by molar-refractivity contribution is 0.0182. The van der Waals surface area contributed by atoms with E-state index in [-0.39, 0.29) is 42.8 Å². The smallest absolute Gasteiger partial charge is 0.410 e. The second kappa shape index (κ2) is 13.2. The van der Waals surface area contributed by atoms with Gasteiger partial charge < -0.3 is 15.0 Å². The number of pyridine rings is 1. The van der Waals surface area contributed by atoms with Crippen LogP contribution < -0.4 is 15.6 Å². The fourth-order valence-corrected chi connectivity index (χ4v) is 6.92. The highest BCUT2D eigenvalue weighted by molar-refractivity contribution is 7.96. The van der Waals surface area contributed by atoms with E-state index in [1.807, 2.05) is 20.8 Å². The molecule has 1 amide bonds. The van der Waals surface area contributed by atoms with Crippen molar-refractivity contribution < 1.29 is 31.5 Å². The summed E-state index contributed by atoms with van der Waals surface area (Å²) in [7, 11) is -2.65. The Morgan fingerprint density at radius 1 is 1.17 bits per heavy atom. The molecule has 0 saturated carbocycles. The average molecular weight is 667 g/mol. The van der Waals surface area contributed by atoms with Crippen LogP contribution in [0.15, 0.2) is 29.2 Å². The summed E-state index contributed by atoms with van der Waals surface area (Å²) in [5.74, 6) is -1.63. The highest BCUT2D eigenvalue weighted by atomic mass is 32.3. The summed E-state index contributed by atoms with van der Waals surface area (Å²) in [6.45, 7) is 6.98. The van der Waals surface area contributed by atoms with Crippen molar-refractivity contribution >= 4 is 39.3 Å². The number of aryl methyl sites for hydroxylation is 1. The molecule has 0 radical (unpaired) electrons. The van der Waals surface area contributed by atoms with Crippen molar-refractivity contribution in [1.29, 1.82) is 0 Å². The van der Waals surface area contributed by atoms with E-state index in [9.17, 15) is 22.7 Å². The molecule has 16 heteroatoms. The molecular weight excluding hydrogens is 627 g/mol. The highest BCUT2D eigenvalue weighted by Crippen LogP contribution is 2.32. The van der Waals surface area contributed by atoms with Gasteiger partial charge >= 0.3 is 16.7 Å². The van der Waals surface area contributed by atoms with Crippen LogP contribution in [-0.4, -0.2) is 78.9 Å². The Hall–Kier alpha value is -3.76. The number of nitrogens with one attached hydrogen (secondary N) is 2. The lowest BCUT2D eigenvalue weighted by Crippen LogP contribution is -2.41. The van der Waals surface area contributed by atoms with E-state index in [1.54, 1.807) is 4.90 Å². The van der Waals surface area contributed by atoms with Crippen molar-refractivity contribution in [2.45, 2.75) is 58.2 Å². The molecule has 2 fully saturated rings. The summed E-state index contributed by atoms with van der Waals surface area (Å²) in [5, 5.41) is 3.51. The number of nitrogens with zero attached hydrogens (tertiary/aromatic N) is 5. The molecule has 4 heterocycles. The molecule has 2 saturated heterocycles. The number of fused-ring (bicyclic) bond motifs is 1. The van der Waals surface area contributed by atoms with Crippen LogP contribution >= 0.6 is 0 Å². The van der Waals surface area contributed by atoms with Crippen LogP contribution in [0.2, 0.25) is 0 Å². The molecule has 2 aromatic heterocycles. The van der Waals surface area contributed by atoms with Crippen LogP contribution in [0.5, 0.6) is 0 Å². The first-order chi connectivity index (χ1) is 21.6. The molecule has 0 bridgehead atoms. The van der Waals surface area contributed by atoms with Gasteiger partial charge in [-0.3, -0.25) is 9.36 Å². The van der Waals surface area contributed by atoms with Crippen molar-refractivity contribution in [2.75, 3.05) is 42.8 Å². The van der Waals surface area contributed by atoms with Gasteiger partial charge in [-0.2, -0.15) is 9.71 Å². The van der Waals surface area contributed by atoms with Crippen LogP contribution in [0.25, 0.3) is 22.2 Å². The van der Waals surface area contributed by atoms with Crippen molar-refractivity contribution in [1.82, 2.24) is 23.7 Å². The van der Waals surface area contributed by atoms with E-state index in [0.29, 0.717) is 30.9 Å². The Balaban J connectivity index is 1.27. The van der Waals surface area contributed by atoms with E-state index in [2.05, 4.69) is 20.0 Å². The predicted molar refractivity (Wildman–Crippen MR) is 169 cm³/mol. The normalized spacial score (nSPS) is 19.3. The van der Waals surface area contributed by atoms with E-state index < -0.39 is 50.8 Å². The lowest BCUT2D eigenvalue weighted by atomic mass is 9.94. The van der Waals surface area contributed by atoms with Crippen LogP contribution in [0.1, 0.15) is 46.5 Å². The van der Waals surface area contributed by atoms with Crippen LogP contribution in [-0.2, 0) is 26.6 Å². The summed E-state index contributed by atoms with van der Waals surface area (Å²) < 4.78 is 77.2. The maximum absolute atomic E-state index is 15.7. The Morgan fingerprint density at radius 2 is 1.89 bits per heavy atom. The largest absolute Gasteiger partial charge is 0.444 e. The quantitative estimate of drug-likeness (QED) is 0.286. The number of alkyl halides is 1. The van der Waals surface area contributed by atoms with Crippen molar-refractivity contribution in [3.8, 4) is 11.1 Å². The average Bonchev–Trinajstić information content (AvgIpc) is 3.44. The van der Waals surface area contributed by atoms with Crippen molar-refractivity contribution in [2.24, 2.45) is 13.0 Å². The molecule has 0 aliphatic carbocycles. The van der Waals surface area contributed by atoms with Gasteiger partial charge in [-0.1, -0.05) is 4.31 Å². The summed E-state index contributed by atoms with van der Waals surface area (Å²) in [6, 6.07) is 3.10. The minimum Gasteiger partial charge on any atom is -0.444 e. The molecule has 1 unspecified atom stereocenters. The Bertz CT molecular complexity index is 1730. The number of likely N-dealkylation sites (tertiary alicyclic amines) is 1. The third-order valence-corrected chi connectivity index (χ3v) is 9.61. The van der Waals surface area contributed by atoms with Gasteiger partial charge in [0.25, 0.3) is 5.56 Å². The summed E-state index contributed by atoms with van der Waals surface area (Å²) in [5.41, 5.74) is -2.58. The van der Waals surface area contributed by atoms with Gasteiger partial charge in [0.15, 0.2) is 5.82 Å². The predicted octanol–water partition coefficient (Wildman–Crippen LogP) is 4.98. The molecule has 2 aliphatic heterocycles. The summed E-state index contributed by atoms with van der Waals surface area (Å²) in [4.78, 5) is 36.1. The molecule has 250 valence electrons. The number of rotatable bonds is 8. The standard InChI is InChI=1S/C30H38F3N7O5S/c1-30(2,3)45-29(42)39-12-8-18(9-13-39)7-11-34-28-35-16-19-15-21(27(41)38(4)26(19)36-28)24-22(32)5-6-23(25(24)33)37-46(43,44)40-14-10-20(31)17-40/h5-6,15-16,18,20H,7-14,17H2,1-4H3,(H2-,34,35,36,37,41,43,44)/p+1/t20-/m1/s1. The Labute approximate surface area is 265 Å². The second-order valence-corrected chi connectivity index (χ2v) is 14.4. The number of ether oxygens (including phenoxy) is 1. The SMILES string of the molecule is Cn1c(=O)c(-c2c(F)ccc(N[S+](=O)(O)N3CC[C@@H](F)C3)c2F)cc2cnc(NCCC3CCN(C(=O)OC(C)(C)C)CC3)nc21. The van der Waals surface area contributed by atoms with Gasteiger partial charge in [-0.15, -0.1) is 4.55 Å². The number of piperidine rings is 1. The van der Waals surface area contributed by atoms with Gasteiger partial charge in [0.2, 0.25) is 5.95 Å². The summed E-state index contributed by atoms with van der Waals surface area (Å²) >= 11 is 0. The number of carbonyl (C=O) groups excluding carboxylic acids is 1. The van der Waals surface area contributed by atoms with Crippen LogP contribution in [0, 0.1) is 17.6 Å². The second-order valence-electron chi connectivity index (χ2n) is 12.7. The van der Waals surface area contributed by atoms with Gasteiger partial charge in [-0.25, -0.2) is 22.9 Å². The van der Waals surface area contributed by atoms with Crippen LogP contribution in [0.3, 0.4) is 0 Å². The number of benzene rings is 1. The zero-order valence-electron chi connectivity index (χ0n) is 26.2. The lowest BCUT2D eigenvalue weighted by Gasteiger charge is -2.33. The molecule has 3 N–H and O–H groups in total. The molecule has 2 atom stereocenters. The molecule has 46 heavy (non-hydrogen) atoms. The third kappa shape index (κ3) is 7.44. The molecule has 5 rings (SSSR count). The van der Waals surface area contributed by atoms with E-state index in [1.165, 1.54) is 19.3 Å². The topological polar surface area (TPSA) is 142 Å². The number of halogens is 3. The fraction of sp³-hybridized carbons (Fsp3) is 0.533. The number of anilines is 2.